The van der Waals surface area contributed by atoms with E-state index in [1.54, 1.807) is 66.7 Å². The third-order valence-corrected chi connectivity index (χ3v) is 4.58. The van der Waals surface area contributed by atoms with E-state index in [-0.39, 0.29) is 22.9 Å². The third kappa shape index (κ3) is 6.32. The number of amides is 1. The van der Waals surface area contributed by atoms with E-state index in [0.29, 0.717) is 22.6 Å². The van der Waals surface area contributed by atoms with Crippen LogP contribution in [0.3, 0.4) is 0 Å². The number of rotatable bonds is 8. The summed E-state index contributed by atoms with van der Waals surface area (Å²) in [6.45, 7) is -0.309. The number of carbonyl (C=O) groups excluding carboxylic acids is 2. The van der Waals surface area contributed by atoms with Gasteiger partial charge in [0.05, 0.1) is 29.5 Å². The Morgan fingerprint density at radius 3 is 2.58 bits per heavy atom. The normalized spacial score (nSPS) is 10.3. The highest BCUT2D eigenvalue weighted by Gasteiger charge is 2.15. The molecule has 3 rings (SSSR count). The van der Waals surface area contributed by atoms with Crippen molar-refractivity contribution in [2.75, 3.05) is 13.7 Å². The first kappa shape index (κ1) is 23.3. The molecule has 0 aliphatic rings. The second kappa shape index (κ2) is 11.3. The Balaban J connectivity index is 1.59. The van der Waals surface area contributed by atoms with Crippen LogP contribution in [0.2, 0.25) is 5.02 Å². The van der Waals surface area contributed by atoms with E-state index in [4.69, 9.17) is 31.1 Å². The number of hydrazone groups is 1. The topological polar surface area (TPSA) is 110 Å². The van der Waals surface area contributed by atoms with Crippen molar-refractivity contribution in [3.8, 4) is 23.3 Å². The zero-order valence-corrected chi connectivity index (χ0v) is 18.2. The zero-order chi connectivity index (χ0) is 23.6. The lowest BCUT2D eigenvalue weighted by atomic mass is 10.2. The zero-order valence-electron chi connectivity index (χ0n) is 17.4. The Morgan fingerprint density at radius 1 is 1.06 bits per heavy atom. The number of hydrogen-bond acceptors (Lipinski definition) is 7. The number of carbonyl (C=O) groups is 2. The number of nitrogens with zero attached hydrogens (tertiary/aromatic N) is 2. The van der Waals surface area contributed by atoms with Crippen LogP contribution in [0.4, 0.5) is 0 Å². The van der Waals surface area contributed by atoms with Gasteiger partial charge in [0.15, 0.2) is 18.1 Å². The average Bonchev–Trinajstić information content (AvgIpc) is 2.83. The Kier molecular flexibility index (Phi) is 8.00. The molecule has 33 heavy (non-hydrogen) atoms. The highest BCUT2D eigenvalue weighted by atomic mass is 35.5. The molecule has 9 heteroatoms. The number of nitrogens with one attached hydrogen (secondary N) is 1. The van der Waals surface area contributed by atoms with Crippen LogP contribution in [0.1, 0.15) is 21.5 Å². The first-order valence-corrected chi connectivity index (χ1v) is 9.98. The van der Waals surface area contributed by atoms with E-state index in [0.717, 1.165) is 0 Å². The molecule has 8 nitrogen and oxygen atoms in total. The van der Waals surface area contributed by atoms with Gasteiger partial charge in [-0.3, -0.25) is 4.79 Å². The van der Waals surface area contributed by atoms with Crippen LogP contribution in [-0.2, 0) is 4.79 Å². The van der Waals surface area contributed by atoms with Crippen molar-refractivity contribution in [3.63, 3.8) is 0 Å². The molecule has 0 radical (unpaired) electrons. The van der Waals surface area contributed by atoms with Gasteiger partial charge in [0.25, 0.3) is 5.91 Å². The Labute approximate surface area is 195 Å². The molecule has 0 aliphatic carbocycles. The van der Waals surface area contributed by atoms with Gasteiger partial charge in [0, 0.05) is 0 Å². The molecule has 1 N–H and O–H groups in total. The minimum atomic E-state index is -0.620. The monoisotopic (exact) mass is 463 g/mol. The summed E-state index contributed by atoms with van der Waals surface area (Å²) in [6, 6.07) is 19.9. The maximum absolute atomic E-state index is 12.4. The number of benzene rings is 3. The quantitative estimate of drug-likeness (QED) is 0.234. The second-order valence-corrected chi connectivity index (χ2v) is 6.88. The number of para-hydroxylation sites is 1. The lowest BCUT2D eigenvalue weighted by Gasteiger charge is -2.10. The Bertz CT molecular complexity index is 1240. The molecule has 0 spiro atoms. The van der Waals surface area contributed by atoms with Crippen LogP contribution in [0.5, 0.6) is 17.2 Å². The molecule has 3 aromatic rings. The predicted octanol–water partition coefficient (Wildman–Crippen LogP) is 3.97. The summed E-state index contributed by atoms with van der Waals surface area (Å²) in [5.74, 6) is -0.317. The van der Waals surface area contributed by atoms with Crippen molar-refractivity contribution < 1.29 is 23.8 Å². The highest BCUT2D eigenvalue weighted by Crippen LogP contribution is 2.29. The molecule has 0 bridgehead atoms. The summed E-state index contributed by atoms with van der Waals surface area (Å²) in [6.07, 6.45) is 1.39. The average molecular weight is 464 g/mol. The minimum absolute atomic E-state index is 0.202. The molecule has 0 aromatic heterocycles. The number of halogens is 1. The van der Waals surface area contributed by atoms with Crippen LogP contribution >= 0.6 is 11.6 Å². The van der Waals surface area contributed by atoms with Crippen molar-refractivity contribution in [2.24, 2.45) is 5.10 Å². The molecule has 0 saturated heterocycles. The van der Waals surface area contributed by atoms with E-state index in [1.165, 1.54) is 13.3 Å². The Morgan fingerprint density at radius 2 is 1.82 bits per heavy atom. The maximum atomic E-state index is 12.4. The van der Waals surface area contributed by atoms with Crippen molar-refractivity contribution >= 4 is 29.7 Å². The second-order valence-electron chi connectivity index (χ2n) is 6.47. The van der Waals surface area contributed by atoms with Gasteiger partial charge in [0.2, 0.25) is 0 Å². The van der Waals surface area contributed by atoms with Crippen LogP contribution in [-0.4, -0.2) is 31.8 Å². The van der Waals surface area contributed by atoms with Crippen molar-refractivity contribution in [1.82, 2.24) is 5.43 Å². The summed E-state index contributed by atoms with van der Waals surface area (Å²) < 4.78 is 16.0. The van der Waals surface area contributed by atoms with Crippen LogP contribution < -0.4 is 19.6 Å². The van der Waals surface area contributed by atoms with E-state index < -0.39 is 11.9 Å². The molecular formula is C24H18ClN3O5. The molecule has 0 heterocycles. The fourth-order valence-corrected chi connectivity index (χ4v) is 2.88. The fourth-order valence-electron chi connectivity index (χ4n) is 2.67. The van der Waals surface area contributed by atoms with E-state index in [1.807, 2.05) is 6.07 Å². The number of methoxy groups -OCH3 is 1. The van der Waals surface area contributed by atoms with Crippen molar-refractivity contribution in [1.29, 1.82) is 5.26 Å². The minimum Gasteiger partial charge on any atom is -0.493 e. The fraction of sp³-hybridized carbons (Fsp3) is 0.0833. The first-order valence-electron chi connectivity index (χ1n) is 9.60. The molecule has 3 aromatic carbocycles. The van der Waals surface area contributed by atoms with Gasteiger partial charge in [-0.15, -0.1) is 0 Å². The lowest BCUT2D eigenvalue weighted by molar-refractivity contribution is -0.123. The van der Waals surface area contributed by atoms with Gasteiger partial charge in [-0.25, -0.2) is 10.2 Å². The van der Waals surface area contributed by atoms with Gasteiger partial charge in [-0.1, -0.05) is 35.9 Å². The molecule has 0 atom stereocenters. The summed E-state index contributed by atoms with van der Waals surface area (Å²) in [5.41, 5.74) is 3.48. The molecule has 166 valence electrons. The highest BCUT2D eigenvalue weighted by molar-refractivity contribution is 6.33. The number of nitriles is 1. The third-order valence-electron chi connectivity index (χ3n) is 4.25. The Hall–Kier alpha value is -4.35. The lowest BCUT2D eigenvalue weighted by Crippen LogP contribution is -2.24. The van der Waals surface area contributed by atoms with E-state index in [2.05, 4.69) is 10.5 Å². The standard InChI is InChI=1S/C24H18ClN3O5/c1-31-22-12-16(10-11-21(22)33-24(30)18-7-3-4-8-19(18)25)14-27-28-23(29)15-32-20-9-5-2-6-17(20)13-26/h2-12,14H,15H2,1H3,(H,28,29)/b27-14+. The molecule has 0 fully saturated rings. The smallest absolute Gasteiger partial charge is 0.345 e. The summed E-state index contributed by atoms with van der Waals surface area (Å²) >= 11 is 6.03. The van der Waals surface area contributed by atoms with Crippen molar-refractivity contribution in [3.05, 3.63) is 88.4 Å². The summed E-state index contributed by atoms with van der Waals surface area (Å²) in [5, 5.41) is 13.2. The van der Waals surface area contributed by atoms with Gasteiger partial charge in [-0.05, 0) is 48.0 Å². The maximum Gasteiger partial charge on any atom is 0.345 e. The van der Waals surface area contributed by atoms with Gasteiger partial charge in [-0.2, -0.15) is 10.4 Å². The van der Waals surface area contributed by atoms with E-state index >= 15 is 0 Å². The van der Waals surface area contributed by atoms with Crippen LogP contribution in [0.25, 0.3) is 0 Å². The molecular weight excluding hydrogens is 446 g/mol. The van der Waals surface area contributed by atoms with Crippen molar-refractivity contribution in [2.45, 2.75) is 0 Å². The number of ether oxygens (including phenoxy) is 3. The molecule has 0 unspecified atom stereocenters. The first-order chi connectivity index (χ1) is 16.0. The van der Waals surface area contributed by atoms with Gasteiger partial charge >= 0.3 is 5.97 Å². The SMILES string of the molecule is COc1cc(/C=N/NC(=O)COc2ccccc2C#N)ccc1OC(=O)c1ccccc1Cl. The number of esters is 1. The molecule has 1 amide bonds. The number of hydrogen-bond donors (Lipinski definition) is 1. The summed E-state index contributed by atoms with van der Waals surface area (Å²) in [7, 11) is 1.43. The largest absolute Gasteiger partial charge is 0.493 e. The van der Waals surface area contributed by atoms with Gasteiger partial charge in [0.1, 0.15) is 11.8 Å². The van der Waals surface area contributed by atoms with Crippen LogP contribution in [0.15, 0.2) is 71.8 Å². The summed E-state index contributed by atoms with van der Waals surface area (Å²) in [4.78, 5) is 24.3. The predicted molar refractivity (Wildman–Crippen MR) is 122 cm³/mol. The van der Waals surface area contributed by atoms with E-state index in [9.17, 15) is 9.59 Å². The van der Waals surface area contributed by atoms with Crippen LogP contribution in [0, 0.1) is 11.3 Å². The molecule has 0 aliphatic heterocycles. The molecule has 0 saturated carbocycles. The van der Waals surface area contributed by atoms with Gasteiger partial charge < -0.3 is 14.2 Å².